The minimum atomic E-state index is -1.90. The van der Waals surface area contributed by atoms with Crippen molar-refractivity contribution in [3.63, 3.8) is 0 Å². The molecule has 3 aliphatic heterocycles. The zero-order chi connectivity index (χ0) is 32.4. The molecule has 2 fully saturated rings. The summed E-state index contributed by atoms with van der Waals surface area (Å²) < 4.78 is 17.8. The molecule has 0 amide bonds. The number of piperazine rings is 1. The SMILES string of the molecule is CCc1cc(Nc2ncc(C)c(Nc3ccc4c(c3P(C)(C)=S)OCCO4)n2)c(OC)cc1N1CCC(N2CCN(C)CC2)CC1. The number of aryl methyl sites for hydroxylation is 2. The zero-order valence-electron chi connectivity index (χ0n) is 28.1. The Balaban J connectivity index is 1.21. The monoisotopic (exact) mass is 665 g/mol. The molecule has 2 N–H and O–H groups in total. The number of aromatic nitrogens is 2. The number of likely N-dealkylation sites (N-methyl/N-ethyl adjacent to an activating group) is 1. The van der Waals surface area contributed by atoms with Crippen LogP contribution in [0.5, 0.6) is 17.2 Å². The van der Waals surface area contributed by atoms with E-state index in [4.69, 9.17) is 31.0 Å². The van der Waals surface area contributed by atoms with Gasteiger partial charge in [-0.15, -0.1) is 0 Å². The van der Waals surface area contributed by atoms with Crippen LogP contribution in [0.3, 0.4) is 0 Å². The number of rotatable bonds is 9. The number of anilines is 5. The molecule has 0 bridgehead atoms. The fraction of sp³-hybridized carbons (Fsp3) is 0.529. The Morgan fingerprint density at radius 1 is 1.00 bits per heavy atom. The van der Waals surface area contributed by atoms with Crippen LogP contribution in [0.25, 0.3) is 0 Å². The van der Waals surface area contributed by atoms with Crippen molar-refractivity contribution in [3.8, 4) is 17.2 Å². The number of hydrogen-bond acceptors (Lipinski definition) is 11. The van der Waals surface area contributed by atoms with Gasteiger partial charge in [0.15, 0.2) is 11.5 Å². The van der Waals surface area contributed by atoms with Crippen molar-refractivity contribution >= 4 is 52.0 Å². The van der Waals surface area contributed by atoms with Gasteiger partial charge in [0, 0.05) is 68.8 Å². The van der Waals surface area contributed by atoms with Gasteiger partial charge in [0.1, 0.15) is 24.8 Å². The second-order valence-electron chi connectivity index (χ2n) is 12.9. The highest BCUT2D eigenvalue weighted by Crippen LogP contribution is 2.47. The van der Waals surface area contributed by atoms with E-state index in [1.54, 1.807) is 7.11 Å². The van der Waals surface area contributed by atoms with Gasteiger partial charge < -0.3 is 34.6 Å². The highest BCUT2D eigenvalue weighted by atomic mass is 32.4. The van der Waals surface area contributed by atoms with Gasteiger partial charge in [-0.1, -0.05) is 18.7 Å². The minimum absolute atomic E-state index is 0.487. The van der Waals surface area contributed by atoms with Crippen molar-refractivity contribution in [2.24, 2.45) is 0 Å². The van der Waals surface area contributed by atoms with Crippen LogP contribution in [0, 0.1) is 6.92 Å². The average Bonchev–Trinajstić information content (AvgIpc) is 3.06. The van der Waals surface area contributed by atoms with Crippen molar-refractivity contribution in [2.45, 2.75) is 39.2 Å². The first-order valence-electron chi connectivity index (χ1n) is 16.4. The Bertz CT molecular complexity index is 1600. The van der Waals surface area contributed by atoms with E-state index >= 15 is 0 Å². The molecule has 1 aromatic heterocycles. The second kappa shape index (κ2) is 13.9. The average molecular weight is 666 g/mol. The van der Waals surface area contributed by atoms with Gasteiger partial charge >= 0.3 is 0 Å². The van der Waals surface area contributed by atoms with E-state index in [9.17, 15) is 0 Å². The maximum atomic E-state index is 6.06. The third-order valence-electron chi connectivity index (χ3n) is 9.33. The lowest BCUT2D eigenvalue weighted by molar-refractivity contribution is 0.0982. The molecule has 2 saturated heterocycles. The third kappa shape index (κ3) is 7.08. The molecule has 46 heavy (non-hydrogen) atoms. The number of methoxy groups -OCH3 is 1. The molecule has 12 heteroatoms. The summed E-state index contributed by atoms with van der Waals surface area (Å²) in [6.45, 7) is 16.3. The minimum Gasteiger partial charge on any atom is -0.494 e. The third-order valence-corrected chi connectivity index (χ3v) is 11.4. The number of piperidine rings is 1. The van der Waals surface area contributed by atoms with Gasteiger partial charge in [-0.25, -0.2) is 4.98 Å². The second-order valence-corrected chi connectivity index (χ2v) is 18.8. The van der Waals surface area contributed by atoms with Gasteiger partial charge in [-0.2, -0.15) is 4.98 Å². The number of benzene rings is 2. The summed E-state index contributed by atoms with van der Waals surface area (Å²) in [4.78, 5) is 17.2. The predicted molar refractivity (Wildman–Crippen MR) is 193 cm³/mol. The van der Waals surface area contributed by atoms with Crippen LogP contribution in [-0.4, -0.2) is 106 Å². The van der Waals surface area contributed by atoms with E-state index in [2.05, 4.69) is 69.8 Å². The smallest absolute Gasteiger partial charge is 0.229 e. The van der Waals surface area contributed by atoms with Crippen molar-refractivity contribution in [2.75, 3.05) is 95.5 Å². The summed E-state index contributed by atoms with van der Waals surface area (Å²) in [5.74, 6) is 3.45. The molecule has 0 saturated carbocycles. The molecular formula is C34H48N7O3PS. The molecule has 0 aliphatic carbocycles. The summed E-state index contributed by atoms with van der Waals surface area (Å²) in [6.07, 6.45) is 5.13. The number of nitrogens with one attached hydrogen (secondary N) is 2. The lowest BCUT2D eigenvalue weighted by atomic mass is 9.99. The summed E-state index contributed by atoms with van der Waals surface area (Å²) in [6, 6.07) is 7.10. The quantitative estimate of drug-likeness (QED) is 0.296. The lowest BCUT2D eigenvalue weighted by Gasteiger charge is -2.43. The molecule has 4 heterocycles. The zero-order valence-corrected chi connectivity index (χ0v) is 29.8. The first-order chi connectivity index (χ1) is 22.1. The highest BCUT2D eigenvalue weighted by Gasteiger charge is 2.29. The standard InChI is InChI=1S/C34H48N7O3PS/c1-7-24-20-27(30(42-4)21-28(24)41-12-10-25(11-13-41)40-16-14-39(3)15-17-40)37-34-35-22-23(2)33(38-34)36-26-8-9-29-31(44-19-18-43-29)32(26)45(5,6)46/h8-9,20-22,25H,7,10-19H2,1-6H3,(H2,35,36,37,38). The number of hydrogen-bond donors (Lipinski definition) is 2. The molecule has 10 nitrogen and oxygen atoms in total. The first kappa shape index (κ1) is 32.8. The maximum absolute atomic E-state index is 6.06. The normalized spacial score (nSPS) is 18.0. The highest BCUT2D eigenvalue weighted by molar-refractivity contribution is 8.17. The number of ether oxygens (including phenoxy) is 3. The van der Waals surface area contributed by atoms with Crippen LogP contribution in [-0.2, 0) is 18.2 Å². The van der Waals surface area contributed by atoms with E-state index in [0.29, 0.717) is 31.0 Å². The van der Waals surface area contributed by atoms with Crippen LogP contribution in [0.15, 0.2) is 30.5 Å². The summed E-state index contributed by atoms with van der Waals surface area (Å²) in [5.41, 5.74) is 5.20. The van der Waals surface area contributed by atoms with E-state index in [1.807, 2.05) is 25.3 Å². The number of nitrogens with zero attached hydrogens (tertiary/aromatic N) is 5. The van der Waals surface area contributed by atoms with Crippen molar-refractivity contribution in [1.82, 2.24) is 19.8 Å². The Labute approximate surface area is 278 Å². The summed E-state index contributed by atoms with van der Waals surface area (Å²) in [5, 5.41) is 7.99. The Morgan fingerprint density at radius 3 is 2.43 bits per heavy atom. The molecule has 0 radical (unpaired) electrons. The molecule has 2 aromatic carbocycles. The van der Waals surface area contributed by atoms with Crippen molar-refractivity contribution < 1.29 is 14.2 Å². The fourth-order valence-electron chi connectivity index (χ4n) is 6.73. The van der Waals surface area contributed by atoms with Crippen LogP contribution < -0.4 is 35.0 Å². The van der Waals surface area contributed by atoms with Crippen LogP contribution in [0.4, 0.5) is 28.8 Å². The Kier molecular flexibility index (Phi) is 9.94. The Hall–Kier alpha value is -3.11. The maximum Gasteiger partial charge on any atom is 0.229 e. The van der Waals surface area contributed by atoms with Crippen LogP contribution in [0.1, 0.15) is 30.9 Å². The fourth-order valence-corrected chi connectivity index (χ4v) is 8.65. The lowest BCUT2D eigenvalue weighted by Crippen LogP contribution is -2.52. The molecule has 6 rings (SSSR count). The molecule has 3 aromatic rings. The topological polar surface area (TPSA) is 87.2 Å². The number of fused-ring (bicyclic) bond motifs is 1. The first-order valence-corrected chi connectivity index (χ1v) is 20.1. The van der Waals surface area contributed by atoms with Gasteiger partial charge in [0.05, 0.1) is 23.8 Å². The van der Waals surface area contributed by atoms with Crippen molar-refractivity contribution in [3.05, 3.63) is 41.6 Å². The molecule has 0 spiro atoms. The summed E-state index contributed by atoms with van der Waals surface area (Å²) >= 11 is 6.00. The summed E-state index contributed by atoms with van der Waals surface area (Å²) in [7, 11) is 3.95. The van der Waals surface area contributed by atoms with Gasteiger partial charge in [0.2, 0.25) is 5.95 Å². The Morgan fingerprint density at radius 2 is 1.74 bits per heavy atom. The molecule has 0 unspecified atom stereocenters. The molecule has 0 atom stereocenters. The van der Waals surface area contributed by atoms with E-state index in [0.717, 1.165) is 59.0 Å². The van der Waals surface area contributed by atoms with Gasteiger partial charge in [-0.05, 0) is 76.4 Å². The van der Waals surface area contributed by atoms with Gasteiger partial charge in [0.25, 0.3) is 0 Å². The van der Waals surface area contributed by atoms with Crippen LogP contribution in [0.2, 0.25) is 0 Å². The van der Waals surface area contributed by atoms with E-state index in [1.165, 1.54) is 50.3 Å². The van der Waals surface area contributed by atoms with E-state index in [-0.39, 0.29) is 0 Å². The predicted octanol–water partition coefficient (Wildman–Crippen LogP) is 5.20. The van der Waals surface area contributed by atoms with Crippen molar-refractivity contribution in [1.29, 1.82) is 0 Å². The molecule has 248 valence electrons. The van der Waals surface area contributed by atoms with E-state index < -0.39 is 6.04 Å². The van der Waals surface area contributed by atoms with Gasteiger partial charge in [-0.3, -0.25) is 4.90 Å². The molecular weight excluding hydrogens is 617 g/mol. The molecule has 3 aliphatic rings. The largest absolute Gasteiger partial charge is 0.494 e. The van der Waals surface area contributed by atoms with Crippen LogP contribution >= 0.6 is 6.04 Å².